The number of hydrogen-bond donors (Lipinski definition) is 2. The first-order valence-corrected chi connectivity index (χ1v) is 6.48. The number of carboxylic acid groups (broad SMARTS) is 1. The van der Waals surface area contributed by atoms with Crippen LogP contribution in [0.3, 0.4) is 0 Å². The molecule has 18 heavy (non-hydrogen) atoms. The van der Waals surface area contributed by atoms with Gasteiger partial charge in [0.05, 0.1) is 11.9 Å². The molecule has 0 fully saturated rings. The second-order valence-electron chi connectivity index (χ2n) is 4.05. The minimum atomic E-state index is -0.941. The molecule has 0 spiro atoms. The molecule has 2 rings (SSSR count). The molecule has 6 heteroatoms. The van der Waals surface area contributed by atoms with Crippen molar-refractivity contribution in [2.24, 2.45) is 7.05 Å². The summed E-state index contributed by atoms with van der Waals surface area (Å²) in [5.41, 5.74) is 0.939. The molecule has 0 aromatic carbocycles. The van der Waals surface area contributed by atoms with E-state index in [1.807, 2.05) is 11.4 Å². The molecule has 2 aromatic rings. The summed E-state index contributed by atoms with van der Waals surface area (Å²) in [6, 6.07) is 4.26. The van der Waals surface area contributed by atoms with Crippen LogP contribution in [-0.4, -0.2) is 20.9 Å². The van der Waals surface area contributed by atoms with Gasteiger partial charge in [-0.1, -0.05) is 6.07 Å². The summed E-state index contributed by atoms with van der Waals surface area (Å²) < 4.78 is 1.59. The van der Waals surface area contributed by atoms with E-state index < -0.39 is 5.97 Å². The normalized spacial score (nSPS) is 12.6. The van der Waals surface area contributed by atoms with Gasteiger partial charge in [-0.2, -0.15) is 5.10 Å². The summed E-state index contributed by atoms with van der Waals surface area (Å²) in [6.07, 6.45) is 1.38. The van der Waals surface area contributed by atoms with Crippen LogP contribution >= 0.6 is 11.3 Å². The predicted molar refractivity (Wildman–Crippen MR) is 69.7 cm³/mol. The molecule has 2 aromatic heterocycles. The first kappa shape index (κ1) is 12.8. The monoisotopic (exact) mass is 265 g/mol. The third kappa shape index (κ3) is 2.60. The van der Waals surface area contributed by atoms with Gasteiger partial charge in [0.25, 0.3) is 0 Å². The van der Waals surface area contributed by atoms with E-state index in [1.54, 1.807) is 23.1 Å². The molecule has 0 unspecified atom stereocenters. The van der Waals surface area contributed by atoms with Crippen LogP contribution < -0.4 is 5.32 Å². The maximum Gasteiger partial charge on any atom is 0.339 e. The van der Waals surface area contributed by atoms with Gasteiger partial charge in [0.15, 0.2) is 0 Å². The Labute approximate surface area is 109 Å². The summed E-state index contributed by atoms with van der Waals surface area (Å²) in [6.45, 7) is 2.54. The minimum absolute atomic E-state index is 0.196. The van der Waals surface area contributed by atoms with Gasteiger partial charge < -0.3 is 10.4 Å². The van der Waals surface area contributed by atoms with Crippen LogP contribution in [0.5, 0.6) is 0 Å². The van der Waals surface area contributed by atoms with Crippen molar-refractivity contribution in [3.63, 3.8) is 0 Å². The SMILES string of the molecule is C[C@@H](NCc1c(C(=O)O)cnn1C)c1cccs1. The lowest BCUT2D eigenvalue weighted by Gasteiger charge is -2.12. The van der Waals surface area contributed by atoms with Crippen LogP contribution in [0.25, 0.3) is 0 Å². The second kappa shape index (κ2) is 5.32. The number of carboxylic acids is 1. The zero-order valence-corrected chi connectivity index (χ0v) is 11.1. The highest BCUT2D eigenvalue weighted by Crippen LogP contribution is 2.19. The molecule has 0 radical (unpaired) electrons. The zero-order valence-electron chi connectivity index (χ0n) is 10.3. The number of aromatic carboxylic acids is 1. The lowest BCUT2D eigenvalue weighted by atomic mass is 10.2. The zero-order chi connectivity index (χ0) is 13.1. The predicted octanol–water partition coefficient (Wildman–Crippen LogP) is 2.03. The van der Waals surface area contributed by atoms with Crippen molar-refractivity contribution in [2.45, 2.75) is 19.5 Å². The Morgan fingerprint density at radius 1 is 1.67 bits per heavy atom. The highest BCUT2D eigenvalue weighted by atomic mass is 32.1. The van der Waals surface area contributed by atoms with Crippen molar-refractivity contribution in [1.82, 2.24) is 15.1 Å². The maximum absolute atomic E-state index is 11.0. The average molecular weight is 265 g/mol. The molecule has 96 valence electrons. The standard InChI is InChI=1S/C12H15N3O2S/c1-8(11-4-3-5-18-11)13-7-10-9(12(16)17)6-14-15(10)2/h3-6,8,13H,7H2,1-2H3,(H,16,17)/t8-/m1/s1. The average Bonchev–Trinajstić information content (AvgIpc) is 2.95. The van der Waals surface area contributed by atoms with Crippen molar-refractivity contribution in [3.8, 4) is 0 Å². The van der Waals surface area contributed by atoms with Crippen molar-refractivity contribution in [3.05, 3.63) is 39.8 Å². The molecule has 0 aliphatic heterocycles. The van der Waals surface area contributed by atoms with Gasteiger partial charge in [0, 0.05) is 24.5 Å². The van der Waals surface area contributed by atoms with Gasteiger partial charge in [-0.25, -0.2) is 4.79 Å². The molecule has 2 N–H and O–H groups in total. The number of aryl methyl sites for hydroxylation is 1. The largest absolute Gasteiger partial charge is 0.478 e. The third-order valence-electron chi connectivity index (χ3n) is 2.84. The fourth-order valence-corrected chi connectivity index (χ4v) is 2.50. The van der Waals surface area contributed by atoms with Gasteiger partial charge in [0.1, 0.15) is 5.56 Å². The smallest absolute Gasteiger partial charge is 0.339 e. The van der Waals surface area contributed by atoms with E-state index >= 15 is 0 Å². The number of aromatic nitrogens is 2. The van der Waals surface area contributed by atoms with Crippen molar-refractivity contribution < 1.29 is 9.90 Å². The summed E-state index contributed by atoms with van der Waals surface area (Å²) in [4.78, 5) is 12.3. The molecule has 1 atom stereocenters. The number of hydrogen-bond acceptors (Lipinski definition) is 4. The van der Waals surface area contributed by atoms with E-state index in [1.165, 1.54) is 11.1 Å². The van der Waals surface area contributed by atoms with Crippen LogP contribution in [-0.2, 0) is 13.6 Å². The topological polar surface area (TPSA) is 67.2 Å². The van der Waals surface area contributed by atoms with E-state index in [4.69, 9.17) is 5.11 Å². The van der Waals surface area contributed by atoms with Gasteiger partial charge in [0.2, 0.25) is 0 Å². The Morgan fingerprint density at radius 2 is 2.44 bits per heavy atom. The first-order valence-electron chi connectivity index (χ1n) is 5.60. The number of nitrogens with zero attached hydrogens (tertiary/aromatic N) is 2. The van der Waals surface area contributed by atoms with Crippen molar-refractivity contribution >= 4 is 17.3 Å². The first-order chi connectivity index (χ1) is 8.59. The second-order valence-corrected chi connectivity index (χ2v) is 5.03. The molecular formula is C12H15N3O2S. The Hall–Kier alpha value is -1.66. The summed E-state index contributed by atoms with van der Waals surface area (Å²) in [5, 5.41) is 18.4. The maximum atomic E-state index is 11.0. The van der Waals surface area contributed by atoms with E-state index in [0.29, 0.717) is 12.2 Å². The molecule has 0 amide bonds. The quantitative estimate of drug-likeness (QED) is 0.868. The van der Waals surface area contributed by atoms with Crippen LogP contribution in [0, 0.1) is 0 Å². The fourth-order valence-electron chi connectivity index (χ4n) is 1.74. The molecule has 2 heterocycles. The van der Waals surface area contributed by atoms with Gasteiger partial charge >= 0.3 is 5.97 Å². The third-order valence-corrected chi connectivity index (χ3v) is 3.89. The molecular weight excluding hydrogens is 250 g/mol. The highest BCUT2D eigenvalue weighted by molar-refractivity contribution is 7.10. The Morgan fingerprint density at radius 3 is 3.06 bits per heavy atom. The minimum Gasteiger partial charge on any atom is -0.478 e. The fraction of sp³-hybridized carbons (Fsp3) is 0.333. The summed E-state index contributed by atoms with van der Waals surface area (Å²) >= 11 is 1.68. The molecule has 5 nitrogen and oxygen atoms in total. The van der Waals surface area contributed by atoms with E-state index in [9.17, 15) is 4.79 Å². The molecule has 0 saturated carbocycles. The van der Waals surface area contributed by atoms with Gasteiger partial charge in [-0.05, 0) is 18.4 Å². The van der Waals surface area contributed by atoms with Crippen LogP contribution in [0.1, 0.15) is 33.9 Å². The number of rotatable bonds is 5. The summed E-state index contributed by atoms with van der Waals surface area (Å²) in [7, 11) is 1.75. The molecule has 0 saturated heterocycles. The number of nitrogens with one attached hydrogen (secondary N) is 1. The lowest BCUT2D eigenvalue weighted by Crippen LogP contribution is -2.20. The molecule has 0 aliphatic rings. The lowest BCUT2D eigenvalue weighted by molar-refractivity contribution is 0.0695. The van der Waals surface area contributed by atoms with Crippen LogP contribution in [0.2, 0.25) is 0 Å². The number of thiophene rings is 1. The van der Waals surface area contributed by atoms with Crippen LogP contribution in [0.4, 0.5) is 0 Å². The van der Waals surface area contributed by atoms with Crippen molar-refractivity contribution in [2.75, 3.05) is 0 Å². The molecule has 0 bridgehead atoms. The van der Waals surface area contributed by atoms with E-state index in [0.717, 1.165) is 0 Å². The van der Waals surface area contributed by atoms with Crippen LogP contribution in [0.15, 0.2) is 23.7 Å². The Kier molecular flexibility index (Phi) is 3.78. The van der Waals surface area contributed by atoms with E-state index in [2.05, 4.69) is 23.4 Å². The highest BCUT2D eigenvalue weighted by Gasteiger charge is 2.15. The Balaban J connectivity index is 2.06. The van der Waals surface area contributed by atoms with Gasteiger partial charge in [-0.15, -0.1) is 11.3 Å². The number of carbonyl (C=O) groups is 1. The Bertz CT molecular complexity index is 534. The van der Waals surface area contributed by atoms with Crippen molar-refractivity contribution in [1.29, 1.82) is 0 Å². The van der Waals surface area contributed by atoms with Gasteiger partial charge in [-0.3, -0.25) is 4.68 Å². The molecule has 0 aliphatic carbocycles. The van der Waals surface area contributed by atoms with E-state index in [-0.39, 0.29) is 11.6 Å². The summed E-state index contributed by atoms with van der Waals surface area (Å²) in [5.74, 6) is -0.941.